The minimum absolute atomic E-state index is 0.356. The quantitative estimate of drug-likeness (QED) is 0.866. The van der Waals surface area contributed by atoms with Gasteiger partial charge in [-0.05, 0) is 47.1 Å². The fraction of sp³-hybridized carbons (Fsp3) is 0.611. The first-order valence-corrected chi connectivity index (χ1v) is 8.65. The first kappa shape index (κ1) is 16.1. The molecule has 1 aliphatic rings. The molecule has 0 bridgehead atoms. The van der Waals surface area contributed by atoms with Crippen molar-refractivity contribution in [1.29, 1.82) is 0 Å². The van der Waals surface area contributed by atoms with E-state index in [1.165, 1.54) is 19.4 Å². The second-order valence-corrected chi connectivity index (χ2v) is 7.02. The molecule has 2 aromatic rings. The van der Waals surface area contributed by atoms with Gasteiger partial charge in [0.25, 0.3) is 0 Å². The Bertz CT molecular complexity index is 646. The van der Waals surface area contributed by atoms with Crippen molar-refractivity contribution in [3.8, 4) is 11.3 Å². The Kier molecular flexibility index (Phi) is 4.76. The second kappa shape index (κ2) is 6.79. The van der Waals surface area contributed by atoms with E-state index in [-0.39, 0.29) is 0 Å². The van der Waals surface area contributed by atoms with Crippen molar-refractivity contribution in [2.45, 2.75) is 58.5 Å². The van der Waals surface area contributed by atoms with Gasteiger partial charge in [-0.15, -0.1) is 0 Å². The predicted molar refractivity (Wildman–Crippen MR) is 92.3 cm³/mol. The molecule has 3 heterocycles. The molecule has 124 valence electrons. The van der Waals surface area contributed by atoms with E-state index in [0.717, 1.165) is 23.5 Å². The van der Waals surface area contributed by atoms with Crippen LogP contribution < -0.4 is 0 Å². The SMILES string of the molecule is CC(C)N1CCCC(c2nccnc2-c2cnn(C(C)C)c2)C1. The van der Waals surface area contributed by atoms with Crippen LogP contribution in [0.3, 0.4) is 0 Å². The summed E-state index contributed by atoms with van der Waals surface area (Å²) in [4.78, 5) is 11.9. The lowest BCUT2D eigenvalue weighted by atomic mass is 9.91. The molecule has 1 fully saturated rings. The van der Waals surface area contributed by atoms with Gasteiger partial charge >= 0.3 is 0 Å². The Morgan fingerprint density at radius 3 is 2.57 bits per heavy atom. The van der Waals surface area contributed by atoms with Crippen LogP contribution in [0.1, 0.15) is 58.2 Å². The summed E-state index contributed by atoms with van der Waals surface area (Å²) in [7, 11) is 0. The Hall–Kier alpha value is -1.75. The number of aromatic nitrogens is 4. The summed E-state index contributed by atoms with van der Waals surface area (Å²) in [6, 6.07) is 0.941. The van der Waals surface area contributed by atoms with Crippen molar-refractivity contribution < 1.29 is 0 Å². The number of nitrogens with zero attached hydrogens (tertiary/aromatic N) is 5. The zero-order chi connectivity index (χ0) is 16.4. The molecule has 1 atom stereocenters. The molecule has 23 heavy (non-hydrogen) atoms. The maximum Gasteiger partial charge on any atom is 0.0952 e. The summed E-state index contributed by atoms with van der Waals surface area (Å²) in [6.07, 6.45) is 10.0. The molecule has 0 spiro atoms. The zero-order valence-corrected chi connectivity index (χ0v) is 14.6. The molecular weight excluding hydrogens is 286 g/mol. The van der Waals surface area contributed by atoms with Gasteiger partial charge in [0.2, 0.25) is 0 Å². The minimum atomic E-state index is 0.356. The molecule has 0 aromatic carbocycles. The average molecular weight is 313 g/mol. The van der Waals surface area contributed by atoms with E-state index in [4.69, 9.17) is 4.98 Å². The maximum atomic E-state index is 4.70. The molecule has 3 rings (SSSR count). The fourth-order valence-electron chi connectivity index (χ4n) is 3.31. The number of piperidine rings is 1. The molecule has 1 aliphatic heterocycles. The third kappa shape index (κ3) is 3.44. The number of hydrogen-bond acceptors (Lipinski definition) is 4. The van der Waals surface area contributed by atoms with Crippen molar-refractivity contribution >= 4 is 0 Å². The molecule has 1 unspecified atom stereocenters. The lowest BCUT2D eigenvalue weighted by Crippen LogP contribution is -2.39. The van der Waals surface area contributed by atoms with Crippen molar-refractivity contribution in [2.24, 2.45) is 0 Å². The Balaban J connectivity index is 1.91. The Morgan fingerprint density at radius 1 is 1.09 bits per heavy atom. The third-order valence-electron chi connectivity index (χ3n) is 4.70. The normalized spacial score (nSPS) is 19.7. The highest BCUT2D eigenvalue weighted by atomic mass is 15.3. The van der Waals surface area contributed by atoms with E-state index in [1.807, 2.05) is 17.1 Å². The van der Waals surface area contributed by atoms with Crippen molar-refractivity contribution in [3.63, 3.8) is 0 Å². The standard InChI is InChI=1S/C18H27N5/c1-13(2)22-9-5-6-15(11-22)17-18(20-8-7-19-17)16-10-21-23(12-16)14(3)4/h7-8,10,12-15H,5-6,9,11H2,1-4H3. The van der Waals surface area contributed by atoms with E-state index in [9.17, 15) is 0 Å². The molecule has 5 nitrogen and oxygen atoms in total. The highest BCUT2D eigenvalue weighted by Crippen LogP contribution is 2.32. The summed E-state index contributed by atoms with van der Waals surface area (Å²) in [5.41, 5.74) is 3.19. The van der Waals surface area contributed by atoms with Gasteiger partial charge < -0.3 is 4.90 Å². The lowest BCUT2D eigenvalue weighted by molar-refractivity contribution is 0.166. The van der Waals surface area contributed by atoms with Crippen LogP contribution in [0.2, 0.25) is 0 Å². The van der Waals surface area contributed by atoms with E-state index in [2.05, 4.69) is 48.9 Å². The molecule has 0 amide bonds. The van der Waals surface area contributed by atoms with Crippen LogP contribution in [0.25, 0.3) is 11.3 Å². The Labute approximate surface area is 138 Å². The molecule has 5 heteroatoms. The number of likely N-dealkylation sites (tertiary alicyclic amines) is 1. The molecule has 0 saturated carbocycles. The summed E-state index contributed by atoms with van der Waals surface area (Å²) in [5.74, 6) is 0.456. The monoisotopic (exact) mass is 313 g/mol. The van der Waals surface area contributed by atoms with Gasteiger partial charge in [-0.3, -0.25) is 14.6 Å². The van der Waals surface area contributed by atoms with E-state index >= 15 is 0 Å². The predicted octanol–water partition coefficient (Wildman–Crippen LogP) is 3.51. The largest absolute Gasteiger partial charge is 0.300 e. The van der Waals surface area contributed by atoms with E-state index in [1.54, 1.807) is 6.20 Å². The lowest BCUT2D eigenvalue weighted by Gasteiger charge is -2.35. The zero-order valence-electron chi connectivity index (χ0n) is 14.6. The first-order chi connectivity index (χ1) is 11.1. The molecule has 0 aliphatic carbocycles. The number of hydrogen-bond donors (Lipinski definition) is 0. The van der Waals surface area contributed by atoms with Gasteiger partial charge in [0.05, 0.1) is 17.6 Å². The smallest absolute Gasteiger partial charge is 0.0952 e. The van der Waals surface area contributed by atoms with Gasteiger partial charge in [0, 0.05) is 48.7 Å². The van der Waals surface area contributed by atoms with Gasteiger partial charge in [0.15, 0.2) is 0 Å². The summed E-state index contributed by atoms with van der Waals surface area (Å²) in [6.45, 7) is 11.1. The minimum Gasteiger partial charge on any atom is -0.300 e. The molecule has 2 aromatic heterocycles. The van der Waals surface area contributed by atoms with Crippen LogP contribution in [0.4, 0.5) is 0 Å². The van der Waals surface area contributed by atoms with Gasteiger partial charge in [0.1, 0.15) is 0 Å². The fourth-order valence-corrected chi connectivity index (χ4v) is 3.31. The van der Waals surface area contributed by atoms with Crippen LogP contribution in [-0.2, 0) is 0 Å². The van der Waals surface area contributed by atoms with Gasteiger partial charge in [-0.25, -0.2) is 0 Å². The van der Waals surface area contributed by atoms with Gasteiger partial charge in [-0.2, -0.15) is 5.10 Å². The van der Waals surface area contributed by atoms with Crippen molar-refractivity contribution in [1.82, 2.24) is 24.6 Å². The maximum absolute atomic E-state index is 4.70. The van der Waals surface area contributed by atoms with Crippen molar-refractivity contribution in [2.75, 3.05) is 13.1 Å². The highest BCUT2D eigenvalue weighted by molar-refractivity contribution is 5.60. The van der Waals surface area contributed by atoms with Crippen LogP contribution in [-0.4, -0.2) is 43.8 Å². The summed E-state index contributed by atoms with van der Waals surface area (Å²) in [5, 5.41) is 4.46. The van der Waals surface area contributed by atoms with Gasteiger partial charge in [-0.1, -0.05) is 0 Å². The number of rotatable bonds is 4. The van der Waals surface area contributed by atoms with Crippen LogP contribution in [0.5, 0.6) is 0 Å². The molecular formula is C18H27N5. The Morgan fingerprint density at radius 2 is 1.87 bits per heavy atom. The molecule has 1 saturated heterocycles. The summed E-state index contributed by atoms with van der Waals surface area (Å²) < 4.78 is 1.98. The summed E-state index contributed by atoms with van der Waals surface area (Å²) >= 11 is 0. The highest BCUT2D eigenvalue weighted by Gasteiger charge is 2.26. The van der Waals surface area contributed by atoms with E-state index < -0.39 is 0 Å². The third-order valence-corrected chi connectivity index (χ3v) is 4.70. The van der Waals surface area contributed by atoms with Crippen molar-refractivity contribution in [3.05, 3.63) is 30.5 Å². The second-order valence-electron chi connectivity index (χ2n) is 7.02. The molecule has 0 radical (unpaired) electrons. The molecule has 0 N–H and O–H groups in total. The van der Waals surface area contributed by atoms with E-state index in [0.29, 0.717) is 18.0 Å². The average Bonchev–Trinajstić information content (AvgIpc) is 3.05. The van der Waals surface area contributed by atoms with Crippen LogP contribution in [0, 0.1) is 0 Å². The topological polar surface area (TPSA) is 46.8 Å². The van der Waals surface area contributed by atoms with Crippen LogP contribution >= 0.6 is 0 Å². The van der Waals surface area contributed by atoms with Crippen LogP contribution in [0.15, 0.2) is 24.8 Å². The first-order valence-electron chi connectivity index (χ1n) is 8.65.